The van der Waals surface area contributed by atoms with Gasteiger partial charge in [0.15, 0.2) is 5.82 Å². The van der Waals surface area contributed by atoms with Crippen molar-refractivity contribution in [2.75, 3.05) is 36.5 Å². The number of nitrogens with zero attached hydrogens (tertiary/aromatic N) is 6. The Bertz CT molecular complexity index is 1280. The van der Waals surface area contributed by atoms with Crippen LogP contribution in [0.25, 0.3) is 22.4 Å². The Balaban J connectivity index is 1.55. The number of ether oxygens (including phenoxy) is 1. The highest BCUT2D eigenvalue weighted by Crippen LogP contribution is 2.36. The van der Waals surface area contributed by atoms with Gasteiger partial charge in [-0.2, -0.15) is 4.98 Å². The van der Waals surface area contributed by atoms with Gasteiger partial charge >= 0.3 is 0 Å². The summed E-state index contributed by atoms with van der Waals surface area (Å²) in [5.41, 5.74) is 3.14. The number of rotatable bonds is 4. The first-order chi connectivity index (χ1) is 15.5. The van der Waals surface area contributed by atoms with Crippen LogP contribution in [-0.4, -0.2) is 50.8 Å². The number of nitrogens with one attached hydrogen (secondary N) is 1. The van der Waals surface area contributed by atoms with Gasteiger partial charge in [0.05, 0.1) is 34.3 Å². The molecule has 32 heavy (non-hydrogen) atoms. The normalized spacial score (nSPS) is 14.2. The maximum Gasteiger partial charge on any atom is 0.227 e. The van der Waals surface area contributed by atoms with E-state index in [0.29, 0.717) is 57.7 Å². The first-order valence-electron chi connectivity index (χ1n) is 10.2. The molecular formula is C22H21Cl2N7O. The summed E-state index contributed by atoms with van der Waals surface area (Å²) in [6.07, 6.45) is 1.74. The summed E-state index contributed by atoms with van der Waals surface area (Å²) >= 11 is 12.9. The molecule has 10 heteroatoms. The SMILES string of the molecule is Cc1cc(Nc2nccc3c2nc(-c2c(Cl)cccc2Cl)n3C)nc(N2CCOCC2)n1. The van der Waals surface area contributed by atoms with Crippen molar-refractivity contribution in [2.45, 2.75) is 6.92 Å². The maximum atomic E-state index is 6.44. The summed E-state index contributed by atoms with van der Waals surface area (Å²) in [6, 6.07) is 9.22. The van der Waals surface area contributed by atoms with E-state index in [0.717, 1.165) is 24.3 Å². The fourth-order valence-corrected chi connectivity index (χ4v) is 4.36. The topological polar surface area (TPSA) is 81.0 Å². The van der Waals surface area contributed by atoms with E-state index in [1.807, 2.05) is 36.7 Å². The van der Waals surface area contributed by atoms with Crippen LogP contribution in [0.15, 0.2) is 36.5 Å². The lowest BCUT2D eigenvalue weighted by Gasteiger charge is -2.27. The summed E-state index contributed by atoms with van der Waals surface area (Å²) in [4.78, 5) is 20.8. The van der Waals surface area contributed by atoms with Crippen molar-refractivity contribution in [3.05, 3.63) is 52.3 Å². The van der Waals surface area contributed by atoms with Crippen LogP contribution in [0.2, 0.25) is 10.0 Å². The van der Waals surface area contributed by atoms with Crippen molar-refractivity contribution >= 4 is 51.8 Å². The molecule has 1 aliphatic heterocycles. The fraction of sp³-hybridized carbons (Fsp3) is 0.273. The van der Waals surface area contributed by atoms with Crippen molar-refractivity contribution in [1.82, 2.24) is 24.5 Å². The molecule has 0 amide bonds. The quantitative estimate of drug-likeness (QED) is 0.466. The molecule has 0 spiro atoms. The second kappa shape index (κ2) is 8.54. The second-order valence-electron chi connectivity index (χ2n) is 7.54. The lowest BCUT2D eigenvalue weighted by Crippen LogP contribution is -2.37. The number of anilines is 3. The number of halogens is 2. The van der Waals surface area contributed by atoms with Crippen molar-refractivity contribution in [1.29, 1.82) is 0 Å². The molecule has 0 aliphatic carbocycles. The van der Waals surface area contributed by atoms with E-state index in [9.17, 15) is 0 Å². The van der Waals surface area contributed by atoms with Crippen LogP contribution in [0.3, 0.4) is 0 Å². The molecular weight excluding hydrogens is 449 g/mol. The Morgan fingerprint density at radius 3 is 2.53 bits per heavy atom. The van der Waals surface area contributed by atoms with Crippen LogP contribution < -0.4 is 10.2 Å². The van der Waals surface area contributed by atoms with Crippen molar-refractivity contribution in [2.24, 2.45) is 7.05 Å². The molecule has 4 aromatic rings. The first-order valence-corrected chi connectivity index (χ1v) is 11.0. The molecule has 1 fully saturated rings. The zero-order valence-corrected chi connectivity index (χ0v) is 19.2. The molecule has 3 aromatic heterocycles. The highest BCUT2D eigenvalue weighted by atomic mass is 35.5. The standard InChI is InChI=1S/C22H21Cl2N7O/c1-13-12-17(28-22(26-13)31-8-10-32-11-9-31)27-20-19-16(6-7-25-20)30(2)21(29-19)18-14(23)4-3-5-15(18)24/h3-7,12H,8-11H2,1-2H3,(H,25,26,27,28). The number of hydrogen-bond donors (Lipinski definition) is 1. The van der Waals surface area contributed by atoms with E-state index >= 15 is 0 Å². The Kier molecular flexibility index (Phi) is 5.58. The molecule has 1 aromatic carbocycles. The number of benzene rings is 1. The van der Waals surface area contributed by atoms with Crippen molar-refractivity contribution in [3.63, 3.8) is 0 Å². The number of aryl methyl sites for hydroxylation is 2. The zero-order valence-electron chi connectivity index (χ0n) is 17.6. The number of fused-ring (bicyclic) bond motifs is 1. The van der Waals surface area contributed by atoms with Gasteiger partial charge in [-0.15, -0.1) is 0 Å². The van der Waals surface area contributed by atoms with Crippen LogP contribution in [-0.2, 0) is 11.8 Å². The Morgan fingerprint density at radius 1 is 1.03 bits per heavy atom. The zero-order chi connectivity index (χ0) is 22.2. The average molecular weight is 470 g/mol. The highest BCUT2D eigenvalue weighted by Gasteiger charge is 2.19. The second-order valence-corrected chi connectivity index (χ2v) is 8.35. The molecule has 164 valence electrons. The fourth-order valence-electron chi connectivity index (χ4n) is 3.79. The molecule has 0 unspecified atom stereocenters. The van der Waals surface area contributed by atoms with Crippen LogP contribution in [0.1, 0.15) is 5.69 Å². The smallest absolute Gasteiger partial charge is 0.227 e. The largest absolute Gasteiger partial charge is 0.378 e. The molecule has 4 heterocycles. The van der Waals surface area contributed by atoms with Crippen LogP contribution in [0, 0.1) is 6.92 Å². The van der Waals surface area contributed by atoms with E-state index in [1.165, 1.54) is 0 Å². The van der Waals surface area contributed by atoms with Gasteiger partial charge < -0.3 is 19.5 Å². The lowest BCUT2D eigenvalue weighted by molar-refractivity contribution is 0.122. The number of imidazole rings is 1. The third kappa shape index (κ3) is 3.85. The summed E-state index contributed by atoms with van der Waals surface area (Å²) in [7, 11) is 1.93. The minimum atomic E-state index is 0.542. The molecule has 0 radical (unpaired) electrons. The number of hydrogen-bond acceptors (Lipinski definition) is 7. The van der Waals surface area contributed by atoms with Gasteiger partial charge in [0, 0.05) is 38.1 Å². The highest BCUT2D eigenvalue weighted by molar-refractivity contribution is 6.39. The van der Waals surface area contributed by atoms with Gasteiger partial charge in [-0.1, -0.05) is 29.3 Å². The minimum absolute atomic E-state index is 0.542. The summed E-state index contributed by atoms with van der Waals surface area (Å²) in [5, 5.41) is 4.41. The molecule has 1 aliphatic rings. The van der Waals surface area contributed by atoms with Gasteiger partial charge in [0.2, 0.25) is 5.95 Å². The molecule has 0 saturated carbocycles. The maximum absolute atomic E-state index is 6.44. The molecule has 1 saturated heterocycles. The summed E-state index contributed by atoms with van der Waals surface area (Å²) < 4.78 is 7.40. The van der Waals surface area contributed by atoms with Crippen LogP contribution >= 0.6 is 23.2 Å². The van der Waals surface area contributed by atoms with Crippen molar-refractivity contribution in [3.8, 4) is 11.4 Å². The minimum Gasteiger partial charge on any atom is -0.378 e. The van der Waals surface area contributed by atoms with E-state index < -0.39 is 0 Å². The van der Waals surface area contributed by atoms with E-state index in [4.69, 9.17) is 37.9 Å². The van der Waals surface area contributed by atoms with Gasteiger partial charge in [-0.25, -0.2) is 15.0 Å². The van der Waals surface area contributed by atoms with Gasteiger partial charge in [0.1, 0.15) is 17.2 Å². The van der Waals surface area contributed by atoms with E-state index in [1.54, 1.807) is 18.3 Å². The summed E-state index contributed by atoms with van der Waals surface area (Å²) in [5.74, 6) is 2.59. The van der Waals surface area contributed by atoms with Gasteiger partial charge in [0.25, 0.3) is 0 Å². The summed E-state index contributed by atoms with van der Waals surface area (Å²) in [6.45, 7) is 4.81. The number of morpholine rings is 1. The van der Waals surface area contributed by atoms with Crippen LogP contribution in [0.5, 0.6) is 0 Å². The monoisotopic (exact) mass is 469 g/mol. The average Bonchev–Trinajstić information content (AvgIpc) is 3.11. The van der Waals surface area contributed by atoms with Gasteiger partial charge in [-0.3, -0.25) is 0 Å². The third-order valence-corrected chi connectivity index (χ3v) is 6.00. The first kappa shape index (κ1) is 20.9. The molecule has 1 N–H and O–H groups in total. The Morgan fingerprint density at radius 2 is 1.78 bits per heavy atom. The number of pyridine rings is 1. The number of aromatic nitrogens is 5. The van der Waals surface area contributed by atoms with E-state index in [-0.39, 0.29) is 0 Å². The lowest BCUT2D eigenvalue weighted by atomic mass is 10.2. The molecule has 0 atom stereocenters. The van der Waals surface area contributed by atoms with E-state index in [2.05, 4.69) is 20.2 Å². The predicted octanol–water partition coefficient (Wildman–Crippen LogP) is 4.62. The molecule has 0 bridgehead atoms. The Labute approximate surface area is 195 Å². The molecule has 5 rings (SSSR count). The van der Waals surface area contributed by atoms with Crippen molar-refractivity contribution < 1.29 is 4.74 Å². The van der Waals surface area contributed by atoms with Gasteiger partial charge in [-0.05, 0) is 25.1 Å². The molecule has 8 nitrogen and oxygen atoms in total. The Hall–Kier alpha value is -2.94. The predicted molar refractivity (Wildman–Crippen MR) is 127 cm³/mol. The van der Waals surface area contributed by atoms with Crippen LogP contribution in [0.4, 0.5) is 17.6 Å². The third-order valence-electron chi connectivity index (χ3n) is 5.37.